The van der Waals surface area contributed by atoms with Crippen molar-refractivity contribution >= 4 is 11.1 Å². The number of hydrogen-bond acceptors (Lipinski definition) is 2. The van der Waals surface area contributed by atoms with Gasteiger partial charge in [0.25, 0.3) is 5.92 Å². The van der Waals surface area contributed by atoms with Gasteiger partial charge in [-0.1, -0.05) is 12.1 Å². The van der Waals surface area contributed by atoms with Gasteiger partial charge in [-0.15, -0.1) is 0 Å². The average Bonchev–Trinajstić information content (AvgIpc) is 2.02. The number of benzene rings is 1. The van der Waals surface area contributed by atoms with Crippen molar-refractivity contribution in [3.05, 3.63) is 35.6 Å². The van der Waals surface area contributed by atoms with Crippen LogP contribution in [0.25, 0.3) is 0 Å². The smallest absolute Gasteiger partial charge is 0.772 e. The van der Waals surface area contributed by atoms with E-state index < -0.39 is 34.1 Å². The molecule has 1 atom stereocenters. The second kappa shape index (κ2) is 6.00. The van der Waals surface area contributed by atoms with Gasteiger partial charge in [0.2, 0.25) is 0 Å². The molecular formula is C8H6F3NaO2S. The van der Waals surface area contributed by atoms with Gasteiger partial charge in [-0.25, -0.2) is 13.2 Å². The zero-order valence-electron chi connectivity index (χ0n) is 7.88. The largest absolute Gasteiger partial charge is 1.00 e. The molecule has 0 heterocycles. The summed E-state index contributed by atoms with van der Waals surface area (Å²) in [6.45, 7) is 0. The first kappa shape index (κ1) is 15.1. The maximum atomic E-state index is 13.0. The Kier molecular flexibility index (Phi) is 6.05. The summed E-state index contributed by atoms with van der Waals surface area (Å²) < 4.78 is 58.6. The molecule has 0 amide bonds. The monoisotopic (exact) mass is 246 g/mol. The first-order valence-corrected chi connectivity index (χ1v) is 4.86. The topological polar surface area (TPSA) is 40.1 Å². The summed E-state index contributed by atoms with van der Waals surface area (Å²) in [5.41, 5.74) is -0.511. The molecule has 0 aliphatic heterocycles. The minimum atomic E-state index is -3.47. The van der Waals surface area contributed by atoms with E-state index in [9.17, 15) is 21.9 Å². The Bertz CT molecular complexity index is 342. The molecule has 78 valence electrons. The zero-order chi connectivity index (χ0) is 10.8. The molecule has 0 N–H and O–H groups in total. The summed E-state index contributed by atoms with van der Waals surface area (Å²) in [4.78, 5) is 0. The summed E-state index contributed by atoms with van der Waals surface area (Å²) in [7, 11) is 0. The molecule has 2 nitrogen and oxygen atoms in total. The van der Waals surface area contributed by atoms with Crippen LogP contribution in [0.4, 0.5) is 13.2 Å². The van der Waals surface area contributed by atoms with Crippen LogP contribution >= 0.6 is 0 Å². The molecule has 0 fully saturated rings. The maximum Gasteiger partial charge on any atom is 1.00 e. The molecule has 1 unspecified atom stereocenters. The predicted octanol–water partition coefficient (Wildman–Crippen LogP) is -1.20. The molecule has 0 radical (unpaired) electrons. The van der Waals surface area contributed by atoms with Crippen LogP contribution in [-0.2, 0) is 17.0 Å². The first-order chi connectivity index (χ1) is 6.42. The Labute approximate surface area is 109 Å². The van der Waals surface area contributed by atoms with E-state index in [-0.39, 0.29) is 29.6 Å². The molecule has 7 heteroatoms. The molecule has 0 aliphatic carbocycles. The predicted molar refractivity (Wildman–Crippen MR) is 44.1 cm³/mol. The van der Waals surface area contributed by atoms with E-state index in [0.29, 0.717) is 0 Å². The Balaban J connectivity index is 0.00000196. The van der Waals surface area contributed by atoms with Crippen molar-refractivity contribution in [1.82, 2.24) is 0 Å². The maximum absolute atomic E-state index is 13.0. The molecule has 0 bridgehead atoms. The fraction of sp³-hybridized carbons (Fsp3) is 0.250. The third-order valence-corrected chi connectivity index (χ3v) is 2.16. The summed E-state index contributed by atoms with van der Waals surface area (Å²) in [6.07, 6.45) is 0. The minimum Gasteiger partial charge on any atom is -0.772 e. The quantitative estimate of drug-likeness (QED) is 0.496. The minimum absolute atomic E-state index is 0. The van der Waals surface area contributed by atoms with Crippen LogP contribution in [-0.4, -0.2) is 14.5 Å². The zero-order valence-corrected chi connectivity index (χ0v) is 10.7. The van der Waals surface area contributed by atoms with E-state index in [2.05, 4.69) is 0 Å². The van der Waals surface area contributed by atoms with E-state index in [1.807, 2.05) is 0 Å². The van der Waals surface area contributed by atoms with Gasteiger partial charge < -0.3 is 4.55 Å². The van der Waals surface area contributed by atoms with Crippen molar-refractivity contribution in [3.8, 4) is 0 Å². The van der Waals surface area contributed by atoms with E-state index in [0.717, 1.165) is 24.3 Å². The first-order valence-electron chi connectivity index (χ1n) is 3.61. The van der Waals surface area contributed by atoms with Crippen molar-refractivity contribution in [3.63, 3.8) is 0 Å². The van der Waals surface area contributed by atoms with Crippen molar-refractivity contribution < 1.29 is 51.5 Å². The van der Waals surface area contributed by atoms with Crippen molar-refractivity contribution in [2.45, 2.75) is 5.92 Å². The number of alkyl halides is 2. The summed E-state index contributed by atoms with van der Waals surface area (Å²) >= 11 is -2.83. The standard InChI is InChI=1S/C8H7F3O2S.Na/c9-7-3-1-6(2-4-7)8(10,11)5-14(12)13;/h1-4H,5H2,(H,12,13);/q;+1/p-1. The third kappa shape index (κ3) is 4.65. The van der Waals surface area contributed by atoms with Crippen LogP contribution in [0.15, 0.2) is 24.3 Å². The molecule has 0 aromatic heterocycles. The van der Waals surface area contributed by atoms with Crippen LogP contribution in [0.1, 0.15) is 5.56 Å². The fourth-order valence-corrected chi connectivity index (χ4v) is 1.39. The van der Waals surface area contributed by atoms with Gasteiger partial charge in [0.1, 0.15) is 5.82 Å². The van der Waals surface area contributed by atoms with Crippen LogP contribution in [0, 0.1) is 5.82 Å². The van der Waals surface area contributed by atoms with Crippen molar-refractivity contribution in [2.24, 2.45) is 0 Å². The Hall–Kier alpha value is 0.120. The third-order valence-electron chi connectivity index (χ3n) is 1.57. The molecule has 1 rings (SSSR count). The molecule has 1 aromatic carbocycles. The van der Waals surface area contributed by atoms with Gasteiger partial charge in [-0.05, 0) is 23.2 Å². The van der Waals surface area contributed by atoms with Gasteiger partial charge in [0, 0.05) is 5.56 Å². The molecule has 15 heavy (non-hydrogen) atoms. The normalized spacial score (nSPS) is 13.1. The molecular weight excluding hydrogens is 240 g/mol. The Morgan fingerprint density at radius 1 is 1.27 bits per heavy atom. The summed E-state index contributed by atoms with van der Waals surface area (Å²) in [5, 5.41) is 0. The number of rotatable bonds is 3. The molecule has 1 aromatic rings. The molecule has 0 aliphatic rings. The fourth-order valence-electron chi connectivity index (χ4n) is 0.925. The van der Waals surface area contributed by atoms with E-state index in [1.165, 1.54) is 0 Å². The van der Waals surface area contributed by atoms with Crippen LogP contribution in [0.2, 0.25) is 0 Å². The van der Waals surface area contributed by atoms with Crippen LogP contribution < -0.4 is 29.6 Å². The van der Waals surface area contributed by atoms with Crippen LogP contribution in [0.5, 0.6) is 0 Å². The van der Waals surface area contributed by atoms with Gasteiger partial charge in [-0.3, -0.25) is 4.21 Å². The second-order valence-electron chi connectivity index (χ2n) is 2.66. The van der Waals surface area contributed by atoms with E-state index in [4.69, 9.17) is 0 Å². The van der Waals surface area contributed by atoms with E-state index >= 15 is 0 Å². The van der Waals surface area contributed by atoms with Gasteiger partial charge >= 0.3 is 29.6 Å². The molecule has 0 saturated heterocycles. The van der Waals surface area contributed by atoms with Gasteiger partial charge in [-0.2, -0.15) is 0 Å². The summed E-state index contributed by atoms with van der Waals surface area (Å²) in [6, 6.07) is 3.44. The molecule has 0 saturated carbocycles. The Morgan fingerprint density at radius 3 is 2.13 bits per heavy atom. The second-order valence-corrected chi connectivity index (χ2v) is 3.56. The molecule has 0 spiro atoms. The van der Waals surface area contributed by atoms with Gasteiger partial charge in [0.15, 0.2) is 0 Å². The number of halogens is 3. The van der Waals surface area contributed by atoms with Crippen molar-refractivity contribution in [2.75, 3.05) is 5.75 Å². The van der Waals surface area contributed by atoms with E-state index in [1.54, 1.807) is 0 Å². The number of hydrogen-bond donors (Lipinski definition) is 0. The van der Waals surface area contributed by atoms with Crippen LogP contribution in [0.3, 0.4) is 0 Å². The summed E-state index contributed by atoms with van der Waals surface area (Å²) in [5.74, 6) is -5.41. The average molecular weight is 246 g/mol. The van der Waals surface area contributed by atoms with Crippen molar-refractivity contribution in [1.29, 1.82) is 0 Å². The Morgan fingerprint density at radius 2 is 1.73 bits per heavy atom. The SMILES string of the molecule is O=S([O-])CC(F)(F)c1ccc(F)cc1.[Na+]. The van der Waals surface area contributed by atoms with Gasteiger partial charge in [0.05, 0.1) is 5.75 Å².